The quantitative estimate of drug-likeness (QED) is 0.762. The van der Waals surface area contributed by atoms with Gasteiger partial charge in [-0.2, -0.15) is 0 Å². The SMILES string of the molecule is COC(=O)c1ccc(NC(=O)c2cc(OC)c(Br)c(OC)c2)c(C)c1. The van der Waals surface area contributed by atoms with Gasteiger partial charge in [-0.1, -0.05) is 0 Å². The third-order valence-corrected chi connectivity index (χ3v) is 4.39. The zero-order valence-corrected chi connectivity index (χ0v) is 15.9. The molecule has 1 N–H and O–H groups in total. The first kappa shape index (κ1) is 18.8. The zero-order valence-electron chi connectivity index (χ0n) is 14.3. The van der Waals surface area contributed by atoms with Gasteiger partial charge in [0.05, 0.1) is 26.9 Å². The number of nitrogens with one attached hydrogen (secondary N) is 1. The Hall–Kier alpha value is -2.54. The van der Waals surface area contributed by atoms with Crippen molar-refractivity contribution in [2.24, 2.45) is 0 Å². The van der Waals surface area contributed by atoms with Gasteiger partial charge in [-0.15, -0.1) is 0 Å². The van der Waals surface area contributed by atoms with Crippen LogP contribution in [0.25, 0.3) is 0 Å². The van der Waals surface area contributed by atoms with Crippen LogP contribution in [-0.2, 0) is 4.74 Å². The van der Waals surface area contributed by atoms with Crippen LogP contribution in [0, 0.1) is 6.92 Å². The molecule has 0 bridgehead atoms. The highest BCUT2D eigenvalue weighted by molar-refractivity contribution is 9.10. The summed E-state index contributed by atoms with van der Waals surface area (Å²) in [5.74, 6) is 0.228. The molecule has 6 nitrogen and oxygen atoms in total. The number of ether oxygens (including phenoxy) is 3. The molecule has 2 aromatic rings. The maximum absolute atomic E-state index is 12.6. The van der Waals surface area contributed by atoms with Crippen LogP contribution >= 0.6 is 15.9 Å². The minimum absolute atomic E-state index is 0.321. The highest BCUT2D eigenvalue weighted by Crippen LogP contribution is 2.35. The topological polar surface area (TPSA) is 73.9 Å². The molecule has 0 unspecified atom stereocenters. The summed E-state index contributed by atoms with van der Waals surface area (Å²) in [4.78, 5) is 24.1. The first-order chi connectivity index (χ1) is 11.9. The molecule has 0 heterocycles. The van der Waals surface area contributed by atoms with Crippen molar-refractivity contribution < 1.29 is 23.8 Å². The van der Waals surface area contributed by atoms with Gasteiger partial charge >= 0.3 is 5.97 Å². The lowest BCUT2D eigenvalue weighted by molar-refractivity contribution is 0.0600. The number of esters is 1. The van der Waals surface area contributed by atoms with Gasteiger partial charge in [0.15, 0.2) is 0 Å². The summed E-state index contributed by atoms with van der Waals surface area (Å²) in [6, 6.07) is 8.13. The van der Waals surface area contributed by atoms with E-state index < -0.39 is 5.97 Å². The molecular weight excluding hydrogens is 390 g/mol. The molecule has 1 amide bonds. The summed E-state index contributed by atoms with van der Waals surface area (Å²) in [7, 11) is 4.34. The van der Waals surface area contributed by atoms with E-state index in [1.54, 1.807) is 37.3 Å². The average Bonchev–Trinajstić information content (AvgIpc) is 2.62. The minimum Gasteiger partial charge on any atom is -0.495 e. The summed E-state index contributed by atoms with van der Waals surface area (Å²) in [6.45, 7) is 1.80. The number of amides is 1. The zero-order chi connectivity index (χ0) is 18.6. The highest BCUT2D eigenvalue weighted by Gasteiger charge is 2.16. The van der Waals surface area contributed by atoms with E-state index in [1.165, 1.54) is 21.3 Å². The first-order valence-corrected chi connectivity index (χ1v) is 8.12. The summed E-state index contributed by atoms with van der Waals surface area (Å²) >= 11 is 3.37. The second kappa shape index (κ2) is 8.02. The summed E-state index contributed by atoms with van der Waals surface area (Å²) in [6.07, 6.45) is 0. The fourth-order valence-electron chi connectivity index (χ4n) is 2.24. The number of carbonyl (C=O) groups is 2. The van der Waals surface area contributed by atoms with Crippen LogP contribution in [0.1, 0.15) is 26.3 Å². The fraction of sp³-hybridized carbons (Fsp3) is 0.222. The standard InChI is InChI=1S/C18H18BrNO5/c1-10-7-11(18(22)25-4)5-6-13(10)20-17(21)12-8-14(23-2)16(19)15(9-12)24-3/h5-9H,1-4H3,(H,20,21). The number of anilines is 1. The Bertz CT molecular complexity index is 794. The molecule has 132 valence electrons. The molecule has 7 heteroatoms. The number of hydrogen-bond acceptors (Lipinski definition) is 5. The van der Waals surface area contributed by atoms with E-state index in [0.717, 1.165) is 5.56 Å². The van der Waals surface area contributed by atoms with Crippen molar-refractivity contribution in [3.05, 3.63) is 51.5 Å². The molecule has 0 fully saturated rings. The van der Waals surface area contributed by atoms with E-state index in [1.807, 2.05) is 0 Å². The smallest absolute Gasteiger partial charge is 0.337 e. The number of carbonyl (C=O) groups excluding carboxylic acids is 2. The Morgan fingerprint density at radius 2 is 1.56 bits per heavy atom. The molecule has 0 aliphatic carbocycles. The molecule has 0 aliphatic rings. The molecule has 0 spiro atoms. The van der Waals surface area contributed by atoms with Crippen LogP contribution in [0.3, 0.4) is 0 Å². The van der Waals surface area contributed by atoms with E-state index in [2.05, 4.69) is 26.0 Å². The molecular formula is C18H18BrNO5. The fourth-order valence-corrected chi connectivity index (χ4v) is 2.80. The maximum Gasteiger partial charge on any atom is 0.337 e. The number of halogens is 1. The molecule has 2 rings (SSSR count). The van der Waals surface area contributed by atoms with E-state index in [4.69, 9.17) is 9.47 Å². The number of hydrogen-bond donors (Lipinski definition) is 1. The van der Waals surface area contributed by atoms with Crippen molar-refractivity contribution in [2.75, 3.05) is 26.6 Å². The predicted octanol–water partition coefficient (Wildman–Crippen LogP) is 3.81. The van der Waals surface area contributed by atoms with Crippen LogP contribution in [0.2, 0.25) is 0 Å². The average molecular weight is 408 g/mol. The minimum atomic E-state index is -0.427. The predicted molar refractivity (Wildman–Crippen MR) is 97.7 cm³/mol. The lowest BCUT2D eigenvalue weighted by Gasteiger charge is -2.13. The van der Waals surface area contributed by atoms with Crippen molar-refractivity contribution >= 4 is 33.5 Å². The van der Waals surface area contributed by atoms with Gasteiger partial charge in [0.1, 0.15) is 16.0 Å². The number of methoxy groups -OCH3 is 3. The molecule has 0 saturated carbocycles. The van der Waals surface area contributed by atoms with Crippen LogP contribution in [0.4, 0.5) is 5.69 Å². The molecule has 0 saturated heterocycles. The Kier molecular flexibility index (Phi) is 6.03. The van der Waals surface area contributed by atoms with Gasteiger partial charge < -0.3 is 19.5 Å². The van der Waals surface area contributed by atoms with Crippen LogP contribution < -0.4 is 14.8 Å². The first-order valence-electron chi connectivity index (χ1n) is 7.33. The van der Waals surface area contributed by atoms with Crippen molar-refractivity contribution in [1.82, 2.24) is 0 Å². The van der Waals surface area contributed by atoms with Gasteiger partial charge in [-0.05, 0) is 58.7 Å². The second-order valence-corrected chi connectivity index (χ2v) is 5.96. The normalized spacial score (nSPS) is 10.1. The van der Waals surface area contributed by atoms with Crippen molar-refractivity contribution in [3.8, 4) is 11.5 Å². The van der Waals surface area contributed by atoms with Gasteiger partial charge in [0, 0.05) is 11.3 Å². The molecule has 0 aromatic heterocycles. The summed E-state index contributed by atoms with van der Waals surface area (Å²) in [5.41, 5.74) is 2.14. The third-order valence-electron chi connectivity index (χ3n) is 3.60. The molecule has 0 atom stereocenters. The molecule has 25 heavy (non-hydrogen) atoms. The Morgan fingerprint density at radius 3 is 2.04 bits per heavy atom. The summed E-state index contributed by atoms with van der Waals surface area (Å²) in [5, 5.41) is 2.82. The van der Waals surface area contributed by atoms with E-state index in [9.17, 15) is 9.59 Å². The molecule has 0 radical (unpaired) electrons. The number of aryl methyl sites for hydroxylation is 1. The second-order valence-electron chi connectivity index (χ2n) is 5.17. The largest absolute Gasteiger partial charge is 0.495 e. The van der Waals surface area contributed by atoms with Crippen molar-refractivity contribution in [1.29, 1.82) is 0 Å². The summed E-state index contributed by atoms with van der Waals surface area (Å²) < 4.78 is 15.8. The van der Waals surface area contributed by atoms with E-state index >= 15 is 0 Å². The van der Waals surface area contributed by atoms with Gasteiger partial charge in [-0.25, -0.2) is 4.79 Å². The number of rotatable bonds is 5. The van der Waals surface area contributed by atoms with Gasteiger partial charge in [-0.3, -0.25) is 4.79 Å². The van der Waals surface area contributed by atoms with Crippen molar-refractivity contribution in [3.63, 3.8) is 0 Å². The van der Waals surface area contributed by atoms with Gasteiger partial charge in [0.2, 0.25) is 0 Å². The van der Waals surface area contributed by atoms with Crippen LogP contribution in [0.15, 0.2) is 34.8 Å². The third kappa shape index (κ3) is 4.11. The number of benzene rings is 2. The lowest BCUT2D eigenvalue weighted by Crippen LogP contribution is -2.14. The van der Waals surface area contributed by atoms with Crippen LogP contribution in [0.5, 0.6) is 11.5 Å². The monoisotopic (exact) mass is 407 g/mol. The Labute approximate surface area is 154 Å². The Balaban J connectivity index is 2.29. The van der Waals surface area contributed by atoms with E-state index in [-0.39, 0.29) is 5.91 Å². The highest BCUT2D eigenvalue weighted by atomic mass is 79.9. The molecule has 0 aliphatic heterocycles. The Morgan fingerprint density at radius 1 is 0.960 bits per heavy atom. The lowest BCUT2D eigenvalue weighted by atomic mass is 10.1. The van der Waals surface area contributed by atoms with Crippen LogP contribution in [-0.4, -0.2) is 33.2 Å². The van der Waals surface area contributed by atoms with E-state index in [0.29, 0.717) is 32.8 Å². The maximum atomic E-state index is 12.6. The van der Waals surface area contributed by atoms with Gasteiger partial charge in [0.25, 0.3) is 5.91 Å². The van der Waals surface area contributed by atoms with Crippen molar-refractivity contribution in [2.45, 2.75) is 6.92 Å². The molecule has 2 aromatic carbocycles.